The number of alkyl halides is 3. The maximum atomic E-state index is 13.0. The van der Waals surface area contributed by atoms with Gasteiger partial charge in [-0.25, -0.2) is 9.97 Å². The maximum Gasteiger partial charge on any atom is 0.397 e. The number of nitrogens with zero attached hydrogens (tertiary/aromatic N) is 6. The molecule has 0 saturated carbocycles. The van der Waals surface area contributed by atoms with Gasteiger partial charge in [0.2, 0.25) is 11.9 Å². The number of hydrogen-bond donors (Lipinski definition) is 2. The lowest BCUT2D eigenvalue weighted by atomic mass is 10.2. The molecule has 2 amide bonds. The van der Waals surface area contributed by atoms with Gasteiger partial charge < -0.3 is 24.6 Å². The number of amides is 2. The van der Waals surface area contributed by atoms with E-state index in [0.29, 0.717) is 34.6 Å². The van der Waals surface area contributed by atoms with Gasteiger partial charge in [0.05, 0.1) is 11.0 Å². The van der Waals surface area contributed by atoms with Crippen LogP contribution in [0.1, 0.15) is 22.6 Å². The number of aromatic nitrogens is 5. The number of hydrogen-bond acceptors (Lipinski definition) is 8. The molecule has 1 fully saturated rings. The Hall–Kier alpha value is -4.49. The smallest absolute Gasteiger partial charge is 0.339 e. The highest BCUT2D eigenvalue weighted by atomic mass is 19.4. The highest BCUT2D eigenvalue weighted by Gasteiger charge is 2.35. The second-order valence-electron chi connectivity index (χ2n) is 8.48. The highest BCUT2D eigenvalue weighted by Crippen LogP contribution is 2.25. The predicted octanol–water partition coefficient (Wildman–Crippen LogP) is 3.30. The molecular formula is C23H21F3N8O3. The van der Waals surface area contributed by atoms with Crippen LogP contribution in [0, 0.1) is 6.92 Å². The van der Waals surface area contributed by atoms with Crippen molar-refractivity contribution in [2.75, 3.05) is 31.5 Å². The number of anilines is 2. The number of benzene rings is 1. The normalized spacial score (nSPS) is 14.3. The monoisotopic (exact) mass is 514 g/mol. The van der Waals surface area contributed by atoms with Crippen LogP contribution in [0.3, 0.4) is 0 Å². The molecule has 14 heteroatoms. The van der Waals surface area contributed by atoms with E-state index in [2.05, 4.69) is 30.4 Å². The van der Waals surface area contributed by atoms with Crippen LogP contribution in [-0.2, 0) is 4.79 Å². The molecular weight excluding hydrogens is 493 g/mol. The first-order valence-electron chi connectivity index (χ1n) is 11.3. The molecule has 0 aliphatic carbocycles. The van der Waals surface area contributed by atoms with Crippen molar-refractivity contribution in [2.24, 2.45) is 0 Å². The van der Waals surface area contributed by atoms with Crippen molar-refractivity contribution in [1.82, 2.24) is 34.9 Å². The van der Waals surface area contributed by atoms with Crippen LogP contribution in [0.5, 0.6) is 0 Å². The molecule has 2 N–H and O–H groups in total. The van der Waals surface area contributed by atoms with Gasteiger partial charge in [-0.3, -0.25) is 9.59 Å². The number of piperazine rings is 1. The molecule has 1 aromatic carbocycles. The molecule has 1 aliphatic heterocycles. The lowest BCUT2D eigenvalue weighted by Crippen LogP contribution is -2.51. The molecule has 0 unspecified atom stereocenters. The summed E-state index contributed by atoms with van der Waals surface area (Å²) in [5.74, 6) is 0.401. The molecule has 11 nitrogen and oxygen atoms in total. The summed E-state index contributed by atoms with van der Waals surface area (Å²) in [5, 5.41) is 6.83. The number of aryl methyl sites for hydroxylation is 1. The van der Waals surface area contributed by atoms with Crippen molar-refractivity contribution >= 4 is 34.6 Å². The summed E-state index contributed by atoms with van der Waals surface area (Å²) in [6.45, 7) is 2.09. The van der Waals surface area contributed by atoms with Crippen molar-refractivity contribution in [2.45, 2.75) is 19.5 Å². The Labute approximate surface area is 207 Å². The summed E-state index contributed by atoms with van der Waals surface area (Å²) in [6.07, 6.45) is -4.59. The van der Waals surface area contributed by atoms with Crippen molar-refractivity contribution in [3.63, 3.8) is 0 Å². The van der Waals surface area contributed by atoms with Crippen LogP contribution in [-0.4, -0.2) is 79.1 Å². The number of nitrogens with one attached hydrogen (secondary N) is 2. The van der Waals surface area contributed by atoms with Crippen LogP contribution in [0.2, 0.25) is 0 Å². The number of carbonyl (C=O) groups excluding carboxylic acids is 2. The number of imidazole rings is 1. The van der Waals surface area contributed by atoms with Crippen LogP contribution in [0.25, 0.3) is 22.5 Å². The minimum absolute atomic E-state index is 0.0426. The average molecular weight is 514 g/mol. The third-order valence-electron chi connectivity index (χ3n) is 5.78. The fraction of sp³-hybridized carbons (Fsp3) is 0.304. The van der Waals surface area contributed by atoms with Crippen molar-refractivity contribution < 1.29 is 27.3 Å². The van der Waals surface area contributed by atoms with E-state index in [-0.39, 0.29) is 32.1 Å². The Kier molecular flexibility index (Phi) is 6.23. The molecule has 0 atom stereocenters. The molecule has 0 bridgehead atoms. The second-order valence-corrected chi connectivity index (χ2v) is 8.48. The van der Waals surface area contributed by atoms with Gasteiger partial charge in [-0.1, -0.05) is 5.16 Å². The number of aromatic amines is 1. The van der Waals surface area contributed by atoms with Gasteiger partial charge in [0.25, 0.3) is 11.8 Å². The molecule has 5 rings (SSSR count). The first kappa shape index (κ1) is 24.2. The minimum Gasteiger partial charge on any atom is -0.339 e. The second kappa shape index (κ2) is 9.52. The Bertz CT molecular complexity index is 1460. The summed E-state index contributed by atoms with van der Waals surface area (Å²) in [4.78, 5) is 43.5. The quantitative estimate of drug-likeness (QED) is 0.415. The Morgan fingerprint density at radius 3 is 2.54 bits per heavy atom. The number of rotatable bonds is 5. The summed E-state index contributed by atoms with van der Waals surface area (Å²) in [5.41, 5.74) is 2.49. The minimum atomic E-state index is -4.56. The van der Waals surface area contributed by atoms with Crippen molar-refractivity contribution in [1.29, 1.82) is 0 Å². The Balaban J connectivity index is 1.24. The van der Waals surface area contributed by atoms with Crippen molar-refractivity contribution in [3.05, 3.63) is 47.9 Å². The van der Waals surface area contributed by atoms with E-state index in [4.69, 9.17) is 4.52 Å². The van der Waals surface area contributed by atoms with Crippen LogP contribution < -0.4 is 5.32 Å². The van der Waals surface area contributed by atoms with E-state index in [1.165, 1.54) is 11.1 Å². The standard InChI is InChI=1S/C23H21F3N8O3/c1-13-28-20(37-32-13)14-2-3-16-17(10-14)30-22(29-16)31-18-11-15(4-5-27-18)21(36)34-8-6-33(7-9-34)19(35)12-23(24,25)26/h2-5,10-11H,6-9,12H2,1H3,(H2,27,29,30,31). The molecule has 1 saturated heterocycles. The molecule has 4 aromatic rings. The van der Waals surface area contributed by atoms with Crippen LogP contribution >= 0.6 is 0 Å². The maximum absolute atomic E-state index is 13.0. The molecule has 1 aliphatic rings. The predicted molar refractivity (Wildman–Crippen MR) is 125 cm³/mol. The van der Waals surface area contributed by atoms with Gasteiger partial charge in [0.15, 0.2) is 5.82 Å². The molecule has 37 heavy (non-hydrogen) atoms. The molecule has 192 valence electrons. The van der Waals surface area contributed by atoms with Gasteiger partial charge in [-0.15, -0.1) is 0 Å². The van der Waals surface area contributed by atoms with Gasteiger partial charge in [0.1, 0.15) is 12.2 Å². The van der Waals surface area contributed by atoms with Gasteiger partial charge in [-0.2, -0.15) is 18.2 Å². The molecule has 0 radical (unpaired) electrons. The number of halogens is 3. The highest BCUT2D eigenvalue weighted by molar-refractivity contribution is 5.95. The van der Waals surface area contributed by atoms with Gasteiger partial charge in [0, 0.05) is 43.5 Å². The number of pyridine rings is 1. The third kappa shape index (κ3) is 5.52. The summed E-state index contributed by atoms with van der Waals surface area (Å²) >= 11 is 0. The van der Waals surface area contributed by atoms with E-state index in [0.717, 1.165) is 16.0 Å². The lowest BCUT2D eigenvalue weighted by molar-refractivity contribution is -0.162. The Morgan fingerprint density at radius 1 is 1.08 bits per heavy atom. The first-order valence-corrected chi connectivity index (χ1v) is 11.3. The van der Waals surface area contributed by atoms with Crippen LogP contribution in [0.4, 0.5) is 24.9 Å². The van der Waals surface area contributed by atoms with Gasteiger partial charge >= 0.3 is 6.18 Å². The van der Waals surface area contributed by atoms with E-state index in [1.54, 1.807) is 25.1 Å². The first-order chi connectivity index (χ1) is 17.6. The van der Waals surface area contributed by atoms with Crippen molar-refractivity contribution in [3.8, 4) is 11.5 Å². The zero-order valence-corrected chi connectivity index (χ0v) is 19.5. The summed E-state index contributed by atoms with van der Waals surface area (Å²) in [6, 6.07) is 8.55. The van der Waals surface area contributed by atoms with E-state index < -0.39 is 18.5 Å². The summed E-state index contributed by atoms with van der Waals surface area (Å²) in [7, 11) is 0. The zero-order valence-electron chi connectivity index (χ0n) is 19.5. The Morgan fingerprint density at radius 2 is 1.84 bits per heavy atom. The summed E-state index contributed by atoms with van der Waals surface area (Å²) < 4.78 is 42.7. The SMILES string of the molecule is Cc1noc(-c2ccc3nc(Nc4cc(C(=O)N5CCN(C(=O)CC(F)(F)F)CC5)ccn4)[nH]c3c2)n1. The van der Waals surface area contributed by atoms with E-state index >= 15 is 0 Å². The molecule has 4 heterocycles. The fourth-order valence-electron chi connectivity index (χ4n) is 3.99. The lowest BCUT2D eigenvalue weighted by Gasteiger charge is -2.35. The van der Waals surface area contributed by atoms with Crippen LogP contribution in [0.15, 0.2) is 41.1 Å². The number of H-pyrrole nitrogens is 1. The number of fused-ring (bicyclic) bond motifs is 1. The molecule has 0 spiro atoms. The number of carbonyl (C=O) groups is 2. The van der Waals surface area contributed by atoms with Gasteiger partial charge in [-0.05, 0) is 37.3 Å². The third-order valence-corrected chi connectivity index (χ3v) is 5.78. The fourth-order valence-corrected chi connectivity index (χ4v) is 3.99. The topological polar surface area (TPSA) is 133 Å². The zero-order chi connectivity index (χ0) is 26.2. The largest absolute Gasteiger partial charge is 0.397 e. The van der Waals surface area contributed by atoms with E-state index in [9.17, 15) is 22.8 Å². The van der Waals surface area contributed by atoms with E-state index in [1.807, 2.05) is 12.1 Å². The molecule has 3 aromatic heterocycles. The average Bonchev–Trinajstić information content (AvgIpc) is 3.47.